The molecule has 0 bridgehead atoms. The number of benzene rings is 10. The fraction of sp³-hybridized carbons (Fsp3) is 0.143. The lowest BCUT2D eigenvalue weighted by Gasteiger charge is -2.19. The summed E-state index contributed by atoms with van der Waals surface area (Å²) in [5, 5.41) is 16.1. The molecule has 0 amide bonds. The molecule has 12 rings (SSSR count). The lowest BCUT2D eigenvalue weighted by atomic mass is 9.84. The first-order valence-electron chi connectivity index (χ1n) is 20.2. The maximum Gasteiger partial charge on any atom is -0.00171 e. The van der Waals surface area contributed by atoms with E-state index in [2.05, 4.69) is 165 Å². The van der Waals surface area contributed by atoms with E-state index in [1.54, 1.807) is 0 Å². The summed E-state index contributed by atoms with van der Waals surface area (Å²) < 4.78 is 0. The van der Waals surface area contributed by atoms with Crippen molar-refractivity contribution in [1.29, 1.82) is 0 Å². The van der Waals surface area contributed by atoms with Crippen LogP contribution in [0.2, 0.25) is 0 Å². The Hall–Kier alpha value is -6.24. The summed E-state index contributed by atoms with van der Waals surface area (Å²) in [6, 6.07) is 43.4. The van der Waals surface area contributed by atoms with Gasteiger partial charge in [-0.15, -0.1) is 0 Å². The maximum atomic E-state index is 2.55. The molecule has 0 aromatic heterocycles. The SMILES string of the molecule is Cc1cc(C)c2c(c1)-c1cc3c4ccc(C)cc4c(-c4cc5c6ccc(C)c7c6c(cc5c5ccc(C)cc45)-c4cc(C)cc(C)c4-7)cc3c3ccc(C)c-2c13. The van der Waals surface area contributed by atoms with Crippen molar-refractivity contribution in [2.75, 3.05) is 0 Å². The molecule has 0 heterocycles. The molecule has 0 N–H and O–H groups in total. The van der Waals surface area contributed by atoms with E-state index in [4.69, 9.17) is 0 Å². The lowest BCUT2D eigenvalue weighted by Crippen LogP contribution is -1.92. The van der Waals surface area contributed by atoms with Crippen molar-refractivity contribution < 1.29 is 0 Å². The first-order chi connectivity index (χ1) is 27.0. The molecule has 0 saturated carbocycles. The Bertz CT molecular complexity index is 3300. The minimum absolute atomic E-state index is 1.28. The van der Waals surface area contributed by atoms with Gasteiger partial charge < -0.3 is 0 Å². The highest BCUT2D eigenvalue weighted by Gasteiger charge is 2.29. The molecule has 10 aromatic carbocycles. The van der Waals surface area contributed by atoms with Crippen molar-refractivity contribution in [3.8, 4) is 55.6 Å². The van der Waals surface area contributed by atoms with Crippen LogP contribution in [0.25, 0.3) is 120 Å². The van der Waals surface area contributed by atoms with E-state index in [0.29, 0.717) is 0 Å². The summed E-state index contributed by atoms with van der Waals surface area (Å²) in [6.45, 7) is 18.1. The van der Waals surface area contributed by atoms with Crippen molar-refractivity contribution in [2.45, 2.75) is 55.4 Å². The molecule has 0 radical (unpaired) electrons. The predicted octanol–water partition coefficient (Wildman–Crippen LogP) is 16.0. The van der Waals surface area contributed by atoms with E-state index >= 15 is 0 Å². The molecule has 266 valence electrons. The topological polar surface area (TPSA) is 0 Å². The molecule has 0 fully saturated rings. The van der Waals surface area contributed by atoms with Crippen molar-refractivity contribution in [2.24, 2.45) is 0 Å². The van der Waals surface area contributed by atoms with Gasteiger partial charge in [0, 0.05) is 0 Å². The van der Waals surface area contributed by atoms with E-state index in [-0.39, 0.29) is 0 Å². The minimum Gasteiger partial charge on any atom is -0.0587 e. The number of hydrogen-bond acceptors (Lipinski definition) is 0. The van der Waals surface area contributed by atoms with Crippen LogP contribution in [0.1, 0.15) is 44.5 Å². The molecule has 2 aliphatic rings. The Balaban J connectivity index is 1.25. The van der Waals surface area contributed by atoms with Crippen molar-refractivity contribution in [1.82, 2.24) is 0 Å². The summed E-state index contributed by atoms with van der Waals surface area (Å²) >= 11 is 0. The average Bonchev–Trinajstić information content (AvgIpc) is 3.68. The Morgan fingerprint density at radius 3 is 1.02 bits per heavy atom. The normalized spacial score (nSPS) is 12.6. The van der Waals surface area contributed by atoms with Crippen LogP contribution >= 0.6 is 0 Å². The first-order valence-corrected chi connectivity index (χ1v) is 20.2. The lowest BCUT2D eigenvalue weighted by molar-refractivity contribution is 1.38. The highest BCUT2D eigenvalue weighted by Crippen LogP contribution is 2.56. The second-order valence-corrected chi connectivity index (χ2v) is 17.4. The van der Waals surface area contributed by atoms with Crippen LogP contribution in [0, 0.1) is 55.4 Å². The molecule has 2 aliphatic carbocycles. The fourth-order valence-electron chi connectivity index (χ4n) is 11.3. The Kier molecular flexibility index (Phi) is 6.15. The summed E-state index contributed by atoms with van der Waals surface area (Å²) in [6.07, 6.45) is 0. The molecular weight excluding hydrogens is 673 g/mol. The summed E-state index contributed by atoms with van der Waals surface area (Å²) in [5.41, 5.74) is 24.4. The van der Waals surface area contributed by atoms with E-state index in [0.717, 1.165) is 0 Å². The van der Waals surface area contributed by atoms with Gasteiger partial charge in [-0.25, -0.2) is 0 Å². The molecule has 56 heavy (non-hydrogen) atoms. The third kappa shape index (κ3) is 3.99. The van der Waals surface area contributed by atoms with Gasteiger partial charge in [-0.2, -0.15) is 0 Å². The molecular formula is C56H42. The van der Waals surface area contributed by atoms with Gasteiger partial charge >= 0.3 is 0 Å². The average molecular weight is 715 g/mol. The van der Waals surface area contributed by atoms with Crippen LogP contribution in [-0.4, -0.2) is 0 Å². The molecule has 10 aromatic rings. The smallest absolute Gasteiger partial charge is 0.00171 e. The molecule has 0 spiro atoms. The zero-order valence-electron chi connectivity index (χ0n) is 33.4. The first kappa shape index (κ1) is 32.0. The highest BCUT2D eigenvalue weighted by atomic mass is 14.3. The molecule has 0 unspecified atom stereocenters. The van der Waals surface area contributed by atoms with Gasteiger partial charge in [-0.05, 0) is 222 Å². The van der Waals surface area contributed by atoms with Gasteiger partial charge in [-0.3, -0.25) is 0 Å². The summed E-state index contributed by atoms with van der Waals surface area (Å²) in [7, 11) is 0. The van der Waals surface area contributed by atoms with Crippen molar-refractivity contribution in [3.05, 3.63) is 154 Å². The number of hydrogen-bond donors (Lipinski definition) is 0. The van der Waals surface area contributed by atoms with Gasteiger partial charge in [0.15, 0.2) is 0 Å². The maximum absolute atomic E-state index is 2.55. The van der Waals surface area contributed by atoms with Crippen LogP contribution in [0.4, 0.5) is 0 Å². The van der Waals surface area contributed by atoms with E-state index < -0.39 is 0 Å². The molecule has 0 atom stereocenters. The third-order valence-electron chi connectivity index (χ3n) is 13.5. The predicted molar refractivity (Wildman–Crippen MR) is 244 cm³/mol. The Morgan fingerprint density at radius 1 is 0.214 bits per heavy atom. The molecule has 0 aliphatic heterocycles. The highest BCUT2D eigenvalue weighted by molar-refractivity contribution is 6.32. The Morgan fingerprint density at radius 2 is 0.589 bits per heavy atom. The van der Waals surface area contributed by atoms with Crippen LogP contribution < -0.4 is 0 Å². The third-order valence-corrected chi connectivity index (χ3v) is 13.5. The standard InChI is InChI=1S/C56H42/c1-27-9-13-35-39(19-27)45(23-43-37-15-11-31(5)53-51-33(7)17-29(3)21-47(51)49(55(37)53)25-41(35)43)46-24-44-38-16-12-32(6)54-52-34(8)18-30(4)22-48(52)50(56(38)54)26-42(44)36-14-10-28(2)20-40(36)46/h9-26H,1-8H3. The second kappa shape index (κ2) is 10.7. The number of aryl methyl sites for hydroxylation is 8. The molecule has 0 nitrogen and oxygen atoms in total. The van der Waals surface area contributed by atoms with Gasteiger partial charge in [0.1, 0.15) is 0 Å². The van der Waals surface area contributed by atoms with Crippen molar-refractivity contribution in [3.63, 3.8) is 0 Å². The van der Waals surface area contributed by atoms with Crippen LogP contribution in [0.5, 0.6) is 0 Å². The quantitative estimate of drug-likeness (QED) is 0.149. The molecule has 0 heteroatoms. The summed E-state index contributed by atoms with van der Waals surface area (Å²) in [4.78, 5) is 0. The van der Waals surface area contributed by atoms with E-state index in [9.17, 15) is 0 Å². The monoisotopic (exact) mass is 714 g/mol. The van der Waals surface area contributed by atoms with Crippen molar-refractivity contribution >= 4 is 64.6 Å². The minimum atomic E-state index is 1.28. The van der Waals surface area contributed by atoms with Gasteiger partial charge in [0.2, 0.25) is 0 Å². The van der Waals surface area contributed by atoms with E-state index in [1.165, 1.54) is 165 Å². The second-order valence-electron chi connectivity index (χ2n) is 17.4. The van der Waals surface area contributed by atoms with Crippen LogP contribution in [0.3, 0.4) is 0 Å². The van der Waals surface area contributed by atoms with Gasteiger partial charge in [0.05, 0.1) is 0 Å². The Labute approximate surface area is 328 Å². The van der Waals surface area contributed by atoms with Gasteiger partial charge in [-0.1, -0.05) is 107 Å². The van der Waals surface area contributed by atoms with Crippen LogP contribution in [0.15, 0.2) is 109 Å². The zero-order valence-corrected chi connectivity index (χ0v) is 33.4. The van der Waals surface area contributed by atoms with Crippen LogP contribution in [-0.2, 0) is 0 Å². The molecule has 0 saturated heterocycles. The fourth-order valence-corrected chi connectivity index (χ4v) is 11.3. The number of rotatable bonds is 1. The van der Waals surface area contributed by atoms with Gasteiger partial charge in [0.25, 0.3) is 0 Å². The van der Waals surface area contributed by atoms with E-state index in [1.807, 2.05) is 0 Å². The zero-order chi connectivity index (χ0) is 38.0. The summed E-state index contributed by atoms with van der Waals surface area (Å²) in [5.74, 6) is 0. The number of fused-ring (bicyclic) bond motifs is 14. The largest absolute Gasteiger partial charge is 0.0587 e.